The monoisotopic (exact) mass is 400 g/mol. The van der Waals surface area contributed by atoms with E-state index in [9.17, 15) is 15.2 Å². The number of amides is 1. The van der Waals surface area contributed by atoms with Crippen LogP contribution < -0.4 is 14.8 Å². The predicted molar refractivity (Wildman–Crippen MR) is 109 cm³/mol. The molecule has 0 aliphatic heterocycles. The third-order valence-corrected chi connectivity index (χ3v) is 4.23. The van der Waals surface area contributed by atoms with Gasteiger partial charge in [0.15, 0.2) is 11.5 Å². The molecule has 0 saturated heterocycles. The highest BCUT2D eigenvalue weighted by Crippen LogP contribution is 2.38. The lowest BCUT2D eigenvalue weighted by molar-refractivity contribution is -0.112. The number of hydrogen-bond acceptors (Lipinski definition) is 5. The molecular formula is C21H21ClN2O4. The molecule has 0 bridgehead atoms. The molecule has 2 aromatic rings. The second kappa shape index (κ2) is 9.67. The number of phenols is 1. The van der Waals surface area contributed by atoms with Crippen LogP contribution in [0.5, 0.6) is 17.2 Å². The van der Waals surface area contributed by atoms with E-state index >= 15 is 0 Å². The molecule has 0 spiro atoms. The molecule has 2 N–H and O–H groups in total. The second-order valence-electron chi connectivity index (χ2n) is 6.04. The number of ether oxygens (including phenoxy) is 2. The quantitative estimate of drug-likeness (QED) is 0.396. The van der Waals surface area contributed by atoms with Crippen molar-refractivity contribution >= 4 is 29.3 Å². The van der Waals surface area contributed by atoms with Gasteiger partial charge in [0.2, 0.25) is 0 Å². The molecular weight excluding hydrogens is 380 g/mol. The number of hydrogen-bond donors (Lipinski definition) is 2. The van der Waals surface area contributed by atoms with Gasteiger partial charge >= 0.3 is 0 Å². The number of anilines is 1. The van der Waals surface area contributed by atoms with Crippen LogP contribution >= 0.6 is 11.6 Å². The van der Waals surface area contributed by atoms with Gasteiger partial charge in [0.1, 0.15) is 17.4 Å². The van der Waals surface area contributed by atoms with E-state index in [1.807, 2.05) is 19.9 Å². The van der Waals surface area contributed by atoms with Crippen molar-refractivity contribution in [1.82, 2.24) is 0 Å². The zero-order chi connectivity index (χ0) is 20.7. The van der Waals surface area contributed by atoms with Crippen molar-refractivity contribution in [3.8, 4) is 23.3 Å². The molecule has 1 amide bonds. The number of carbonyl (C=O) groups excluding carboxylic acids is 1. The first-order valence-corrected chi connectivity index (χ1v) is 9.02. The van der Waals surface area contributed by atoms with E-state index in [4.69, 9.17) is 21.1 Å². The first kappa shape index (κ1) is 21.1. The number of nitriles is 1. The number of halogens is 1. The summed E-state index contributed by atoms with van der Waals surface area (Å²) in [5.41, 5.74) is 0.870. The molecule has 28 heavy (non-hydrogen) atoms. The number of phenolic OH excluding ortho intramolecular Hbond substituents is 1. The van der Waals surface area contributed by atoms with Crippen LogP contribution in [0.15, 0.2) is 42.0 Å². The van der Waals surface area contributed by atoms with Crippen LogP contribution in [0.4, 0.5) is 5.69 Å². The van der Waals surface area contributed by atoms with Crippen LogP contribution in [-0.4, -0.2) is 24.2 Å². The van der Waals surface area contributed by atoms with Gasteiger partial charge in [-0.05, 0) is 61.4 Å². The minimum atomic E-state index is -0.580. The van der Waals surface area contributed by atoms with Crippen molar-refractivity contribution in [2.75, 3.05) is 12.4 Å². The molecule has 7 heteroatoms. The number of methoxy groups -OCH3 is 1. The van der Waals surface area contributed by atoms with Crippen LogP contribution in [-0.2, 0) is 4.79 Å². The molecule has 2 aromatic carbocycles. The van der Waals surface area contributed by atoms with Gasteiger partial charge in [0, 0.05) is 5.69 Å². The van der Waals surface area contributed by atoms with Crippen molar-refractivity contribution < 1.29 is 19.4 Å². The fourth-order valence-electron chi connectivity index (χ4n) is 2.28. The highest BCUT2D eigenvalue weighted by molar-refractivity contribution is 6.32. The highest BCUT2D eigenvalue weighted by Gasteiger charge is 2.16. The maximum atomic E-state index is 12.4. The second-order valence-corrected chi connectivity index (χ2v) is 6.45. The number of rotatable bonds is 7. The van der Waals surface area contributed by atoms with Gasteiger partial charge in [-0.2, -0.15) is 5.26 Å². The lowest BCUT2D eigenvalue weighted by Gasteiger charge is -2.17. The Morgan fingerprint density at radius 1 is 1.36 bits per heavy atom. The van der Waals surface area contributed by atoms with Gasteiger partial charge in [0.05, 0.1) is 18.2 Å². The Labute approximate surface area is 169 Å². The minimum Gasteiger partial charge on any atom is -0.508 e. The summed E-state index contributed by atoms with van der Waals surface area (Å²) in [5, 5.41) is 21.6. The Bertz CT molecular complexity index is 917. The molecule has 0 aliphatic rings. The molecule has 146 valence electrons. The maximum Gasteiger partial charge on any atom is 0.266 e. The van der Waals surface area contributed by atoms with Gasteiger partial charge in [-0.15, -0.1) is 0 Å². The summed E-state index contributed by atoms with van der Waals surface area (Å²) >= 11 is 6.32. The van der Waals surface area contributed by atoms with Crippen LogP contribution in [0.2, 0.25) is 5.02 Å². The summed E-state index contributed by atoms with van der Waals surface area (Å²) in [4.78, 5) is 12.4. The van der Waals surface area contributed by atoms with Crippen molar-refractivity contribution in [2.45, 2.75) is 26.4 Å². The van der Waals surface area contributed by atoms with E-state index in [2.05, 4.69) is 5.32 Å². The summed E-state index contributed by atoms with van der Waals surface area (Å²) in [7, 11) is 1.49. The molecule has 1 atom stereocenters. The fourth-order valence-corrected chi connectivity index (χ4v) is 2.54. The number of benzene rings is 2. The van der Waals surface area contributed by atoms with E-state index in [0.29, 0.717) is 27.8 Å². The topological polar surface area (TPSA) is 91.6 Å². The van der Waals surface area contributed by atoms with Crippen molar-refractivity contribution in [3.05, 3.63) is 52.6 Å². The highest BCUT2D eigenvalue weighted by atomic mass is 35.5. The summed E-state index contributed by atoms with van der Waals surface area (Å²) in [5.74, 6) is 0.330. The Hall–Kier alpha value is -3.17. The Kier molecular flexibility index (Phi) is 7.30. The molecule has 0 aromatic heterocycles. The minimum absolute atomic E-state index is 0.0430. The molecule has 0 heterocycles. The molecule has 6 nitrogen and oxygen atoms in total. The summed E-state index contributed by atoms with van der Waals surface area (Å²) in [6, 6.07) is 11.1. The third kappa shape index (κ3) is 5.41. The average Bonchev–Trinajstić information content (AvgIpc) is 2.69. The Morgan fingerprint density at radius 2 is 2.04 bits per heavy atom. The lowest BCUT2D eigenvalue weighted by Crippen LogP contribution is -2.13. The zero-order valence-electron chi connectivity index (χ0n) is 15.8. The molecule has 0 saturated carbocycles. The largest absolute Gasteiger partial charge is 0.508 e. The van der Waals surface area contributed by atoms with E-state index < -0.39 is 5.91 Å². The van der Waals surface area contributed by atoms with Gasteiger partial charge in [-0.1, -0.05) is 18.5 Å². The summed E-state index contributed by atoms with van der Waals surface area (Å²) in [6.07, 6.45) is 2.17. The van der Waals surface area contributed by atoms with Crippen LogP contribution in [0.25, 0.3) is 6.08 Å². The summed E-state index contributed by atoms with van der Waals surface area (Å²) < 4.78 is 11.1. The average molecular weight is 401 g/mol. The summed E-state index contributed by atoms with van der Waals surface area (Å²) in [6.45, 7) is 3.92. The number of carbonyl (C=O) groups is 1. The van der Waals surface area contributed by atoms with E-state index in [1.54, 1.807) is 12.1 Å². The van der Waals surface area contributed by atoms with Crippen LogP contribution in [0, 0.1) is 11.3 Å². The van der Waals surface area contributed by atoms with Gasteiger partial charge in [-0.25, -0.2) is 0 Å². The fraction of sp³-hybridized carbons (Fsp3) is 0.238. The van der Waals surface area contributed by atoms with Gasteiger partial charge in [0.25, 0.3) is 5.91 Å². The molecule has 2 rings (SSSR count). The van der Waals surface area contributed by atoms with E-state index in [1.165, 1.54) is 37.5 Å². The lowest BCUT2D eigenvalue weighted by atomic mass is 10.1. The zero-order valence-corrected chi connectivity index (χ0v) is 16.6. The van der Waals surface area contributed by atoms with Crippen molar-refractivity contribution in [1.29, 1.82) is 5.26 Å². The molecule has 0 radical (unpaired) electrons. The Balaban J connectivity index is 2.30. The number of nitrogens with zero attached hydrogens (tertiary/aromatic N) is 1. The molecule has 1 unspecified atom stereocenters. The molecule has 0 aliphatic carbocycles. The first-order valence-electron chi connectivity index (χ1n) is 8.64. The first-order chi connectivity index (χ1) is 13.4. The van der Waals surface area contributed by atoms with Gasteiger partial charge in [-0.3, -0.25) is 4.79 Å². The maximum absolute atomic E-state index is 12.4. The third-order valence-electron chi connectivity index (χ3n) is 3.95. The SMILES string of the molecule is CCC(C)Oc1c(Cl)cc(C=C(C#N)C(=O)Nc2ccc(O)cc2)cc1OC. The van der Waals surface area contributed by atoms with E-state index in [-0.39, 0.29) is 17.4 Å². The van der Waals surface area contributed by atoms with Crippen molar-refractivity contribution in [2.24, 2.45) is 0 Å². The number of nitrogens with one attached hydrogen (secondary N) is 1. The van der Waals surface area contributed by atoms with Crippen LogP contribution in [0.3, 0.4) is 0 Å². The predicted octanol–water partition coefficient (Wildman–Crippen LogP) is 4.78. The Morgan fingerprint density at radius 3 is 2.61 bits per heavy atom. The normalized spacial score (nSPS) is 12.0. The van der Waals surface area contributed by atoms with Gasteiger partial charge < -0.3 is 19.9 Å². The number of aromatic hydroxyl groups is 1. The standard InChI is InChI=1S/C21H21ClN2O4/c1-4-13(2)28-20-18(22)10-14(11-19(20)27-3)9-15(12-23)21(26)24-16-5-7-17(25)8-6-16/h5-11,13,25H,4H2,1-3H3,(H,24,26). The van der Waals surface area contributed by atoms with Crippen LogP contribution in [0.1, 0.15) is 25.8 Å². The van der Waals surface area contributed by atoms with Crippen molar-refractivity contribution in [3.63, 3.8) is 0 Å². The molecule has 0 fully saturated rings. The van der Waals surface area contributed by atoms with E-state index in [0.717, 1.165) is 6.42 Å². The smallest absolute Gasteiger partial charge is 0.266 e.